The minimum atomic E-state index is -0.818. The van der Waals surface area contributed by atoms with Crippen LogP contribution in [0.25, 0.3) is 11.3 Å². The van der Waals surface area contributed by atoms with Crippen LogP contribution in [-0.4, -0.2) is 158 Å². The Labute approximate surface area is 645 Å². The molecule has 8 heterocycles. The molecule has 4 aliphatic rings. The number of amides is 2. The maximum Gasteiger partial charge on any atom is 0.256 e. The van der Waals surface area contributed by atoms with E-state index in [1.54, 1.807) is 54.9 Å². The molecule has 572 valence electrons. The summed E-state index contributed by atoms with van der Waals surface area (Å²) in [6.45, 7) is 20.9. The molecule has 4 aliphatic heterocycles. The highest BCUT2D eigenvalue weighted by atomic mass is 79.9. The Balaban J connectivity index is 0.000000174. The highest BCUT2D eigenvalue weighted by Gasteiger charge is 2.44. The predicted molar refractivity (Wildman–Crippen MR) is 408 cm³/mol. The van der Waals surface area contributed by atoms with Gasteiger partial charge in [0.15, 0.2) is 39.8 Å². The van der Waals surface area contributed by atoms with Crippen LogP contribution in [0.4, 0.5) is 33.6 Å². The van der Waals surface area contributed by atoms with Crippen LogP contribution < -0.4 is 40.2 Å². The fraction of sp³-hybridized carbons (Fsp3) is 0.312. The second-order valence-corrected chi connectivity index (χ2v) is 27.1. The molecule has 0 unspecified atom stereocenters. The molecule has 0 fully saturated rings. The third-order valence-electron chi connectivity index (χ3n) is 16.6. The molecule has 8 bridgehead atoms. The van der Waals surface area contributed by atoms with Crippen molar-refractivity contribution in [3.8, 4) is 28.7 Å². The number of alkyl halides is 3. The number of aromatic hydroxyl groups is 1. The van der Waals surface area contributed by atoms with Crippen molar-refractivity contribution in [2.24, 2.45) is 0 Å². The molecule has 0 saturated carbocycles. The first-order valence-corrected chi connectivity index (χ1v) is 36.6. The summed E-state index contributed by atoms with van der Waals surface area (Å²) in [5.41, 5.74) is 6.15. The van der Waals surface area contributed by atoms with Crippen LogP contribution in [0.5, 0.6) is 28.7 Å². The highest BCUT2D eigenvalue weighted by molar-refractivity contribution is 9.10. The zero-order valence-corrected chi connectivity index (χ0v) is 65.0. The van der Waals surface area contributed by atoms with Crippen molar-refractivity contribution in [3.63, 3.8) is 0 Å². The van der Waals surface area contributed by atoms with Crippen molar-refractivity contribution >= 4 is 99.9 Å². The number of carbonyl (C=O) groups is 5. The lowest BCUT2D eigenvalue weighted by atomic mass is 9.95. The Morgan fingerprint density at radius 2 is 0.944 bits per heavy atom. The van der Waals surface area contributed by atoms with Crippen molar-refractivity contribution in [2.45, 2.75) is 70.7 Å². The van der Waals surface area contributed by atoms with Gasteiger partial charge in [-0.15, -0.1) is 0 Å². The van der Waals surface area contributed by atoms with E-state index in [0.29, 0.717) is 99.6 Å². The number of ether oxygens (including phenoxy) is 7. The summed E-state index contributed by atoms with van der Waals surface area (Å²) >= 11 is 9.73. The molecule has 4 aromatic heterocycles. The zero-order chi connectivity index (χ0) is 78.7. The van der Waals surface area contributed by atoms with Crippen LogP contribution in [0.3, 0.4) is 0 Å². The number of methoxy groups -OCH3 is 3. The summed E-state index contributed by atoms with van der Waals surface area (Å²) in [6, 6.07) is 19.9. The first-order valence-electron chi connectivity index (χ1n) is 33.3. The molecule has 108 heavy (non-hydrogen) atoms. The van der Waals surface area contributed by atoms with Crippen molar-refractivity contribution in [1.82, 2.24) is 39.8 Å². The van der Waals surface area contributed by atoms with E-state index in [1.165, 1.54) is 93.3 Å². The van der Waals surface area contributed by atoms with Gasteiger partial charge in [0.05, 0.1) is 74.1 Å². The van der Waals surface area contributed by atoms with Crippen LogP contribution in [0.1, 0.15) is 121 Å². The number of carbonyl (C=O) groups excluding carboxylic acids is 5. The highest BCUT2D eigenvalue weighted by Crippen LogP contribution is 2.44. The van der Waals surface area contributed by atoms with Gasteiger partial charge in [0, 0.05) is 84.8 Å². The van der Waals surface area contributed by atoms with Crippen molar-refractivity contribution in [1.29, 1.82) is 0 Å². The number of Topliss-reactive ketones (excluding diaryl/α,β-unsaturated/α-hetero) is 3. The number of phenols is 1. The van der Waals surface area contributed by atoms with E-state index in [0.717, 1.165) is 57.2 Å². The maximum absolute atomic E-state index is 14.4. The van der Waals surface area contributed by atoms with E-state index in [9.17, 15) is 45.9 Å². The van der Waals surface area contributed by atoms with Crippen molar-refractivity contribution in [3.05, 3.63) is 231 Å². The fourth-order valence-corrected chi connectivity index (χ4v) is 12.5. The second-order valence-electron chi connectivity index (χ2n) is 25.4. The summed E-state index contributed by atoms with van der Waals surface area (Å²) < 4.78 is 109. The molecule has 9 aromatic rings. The van der Waals surface area contributed by atoms with Gasteiger partial charge >= 0.3 is 0 Å². The molecule has 2 amide bonds. The second kappa shape index (κ2) is 38.2. The summed E-state index contributed by atoms with van der Waals surface area (Å²) in [6.07, 6.45) is 7.30. The molecular weight excluding hydrogens is 1610 g/mol. The number of phenolic OH excluding ortho intramolecular Hbond substituents is 1. The maximum atomic E-state index is 14.4. The van der Waals surface area contributed by atoms with E-state index in [1.807, 2.05) is 13.8 Å². The summed E-state index contributed by atoms with van der Waals surface area (Å²) in [5, 5.41) is 32.2. The van der Waals surface area contributed by atoms with E-state index in [4.69, 9.17) is 38.3 Å². The van der Waals surface area contributed by atoms with Crippen LogP contribution in [-0.2, 0) is 27.1 Å². The standard InChI is InChI=1S/2C20H20FN5O3.C13H15FO3.C12H12BrFO2.C8H7FO2.C4H6Br2/c2*1-11-14-6-13(21)5-12-7-20(10-28-2,29-17(12)14)9-22-19(27)15-8-23-26-4-3-16(24-11)25-18(15)26;1-9(7-16-3)8-17-13-5-4-11(14)6-12(13)10(2)15;1-8(6-13)7-16-12-4-3-10(14)5-11(12)9(2)15;1-5(10)7-4-6(9)2-3-8(7)11;1-4(2-5)3-6/h2*3-6,8,11H,7,9-10H2,1-2H3,(H,22,27)(H,24,25);4-6H,1,7-8H2,2-3H3;3-5H,1,6-7H2,2H3;2-4,11H,1H3;1-3H2/t11-,20+;11-,20-;;;;/m11..../s1. The number of benzene rings is 5. The third kappa shape index (κ3) is 21.7. The number of halogens is 8. The van der Waals surface area contributed by atoms with Crippen LogP contribution in [0, 0.1) is 29.1 Å². The Bertz CT molecular complexity index is 4650. The van der Waals surface area contributed by atoms with Gasteiger partial charge in [-0.2, -0.15) is 10.2 Å². The number of hydrogen-bond donors (Lipinski definition) is 5. The molecule has 0 aliphatic carbocycles. The van der Waals surface area contributed by atoms with Gasteiger partial charge in [0.2, 0.25) is 0 Å². The Morgan fingerprint density at radius 3 is 1.31 bits per heavy atom. The average Bonchev–Trinajstić information content (AvgIpc) is 1.62. The molecule has 23 nitrogen and oxygen atoms in total. The average molecular weight is 1690 g/mol. The summed E-state index contributed by atoms with van der Waals surface area (Å²) in [7, 11) is 4.71. The summed E-state index contributed by atoms with van der Waals surface area (Å²) in [4.78, 5) is 68.0. The number of nitrogens with zero attached hydrogens (tertiary/aromatic N) is 6. The molecule has 5 N–H and O–H groups in total. The fourth-order valence-electron chi connectivity index (χ4n) is 11.5. The molecular formula is C77H80Br3F5N10O13. The van der Waals surface area contributed by atoms with Gasteiger partial charge in [-0.3, -0.25) is 24.0 Å². The molecule has 31 heteroatoms. The summed E-state index contributed by atoms with van der Waals surface area (Å²) in [5.74, 6) is -0.592. The number of hydrogen-bond acceptors (Lipinski definition) is 19. The lowest BCUT2D eigenvalue weighted by Crippen LogP contribution is -2.50. The molecule has 5 aromatic carbocycles. The van der Waals surface area contributed by atoms with Crippen molar-refractivity contribution < 1.29 is 84.2 Å². The topological polar surface area (TPSA) is 279 Å². The Morgan fingerprint density at radius 1 is 0.546 bits per heavy atom. The number of anilines is 2. The van der Waals surface area contributed by atoms with Crippen LogP contribution >= 0.6 is 47.8 Å². The lowest BCUT2D eigenvalue weighted by Gasteiger charge is -2.29. The number of nitrogens with one attached hydrogen (secondary N) is 4. The van der Waals surface area contributed by atoms with Crippen LogP contribution in [0.15, 0.2) is 152 Å². The Kier molecular flexibility index (Phi) is 29.6. The quantitative estimate of drug-likeness (QED) is 0.0231. The van der Waals surface area contributed by atoms with E-state index in [-0.39, 0.29) is 108 Å². The minimum absolute atomic E-state index is 0.0185. The third-order valence-corrected chi connectivity index (χ3v) is 19.0. The molecule has 0 saturated heterocycles. The largest absolute Gasteiger partial charge is 0.507 e. The minimum Gasteiger partial charge on any atom is -0.507 e. The number of fused-ring (bicyclic) bond motifs is 4. The lowest BCUT2D eigenvalue weighted by molar-refractivity contribution is 0.00666. The Hall–Kier alpha value is -9.92. The van der Waals surface area contributed by atoms with Crippen LogP contribution in [0.2, 0.25) is 0 Å². The van der Waals surface area contributed by atoms with Gasteiger partial charge < -0.3 is 59.5 Å². The molecule has 0 radical (unpaired) electrons. The predicted octanol–water partition coefficient (Wildman–Crippen LogP) is 14.2. The number of ketones is 3. The first-order chi connectivity index (χ1) is 51.5. The number of aromatic nitrogens is 6. The van der Waals surface area contributed by atoms with Crippen molar-refractivity contribution in [2.75, 3.05) is 94.1 Å². The van der Waals surface area contributed by atoms with Gasteiger partial charge in [-0.05, 0) is 137 Å². The smallest absolute Gasteiger partial charge is 0.256 e. The normalized spacial score (nSPS) is 16.9. The van der Waals surface area contributed by atoms with Gasteiger partial charge in [-0.1, -0.05) is 73.1 Å². The van der Waals surface area contributed by atoms with Gasteiger partial charge in [0.25, 0.3) is 11.8 Å². The molecule has 0 spiro atoms. The van der Waals surface area contributed by atoms with E-state index < -0.39 is 28.7 Å². The SMILES string of the molecule is C=C(CBr)CBr.C=C(CBr)COc1ccc(F)cc1C(C)=O.C=C(COC)COc1ccc(F)cc1C(C)=O.CC(=O)c1cc(F)ccc1O.COC[C@@]12CNC(=O)c3cnn4ccc(nc34)N[C@H](C)c3cc(F)cc(c3O1)C2.COC[C@]12CNC(=O)c3cnn4ccc(nc34)N[C@H](C)c3cc(F)cc(c3O1)C2. The van der Waals surface area contributed by atoms with Gasteiger partial charge in [0.1, 0.15) is 93.8 Å². The number of rotatable bonds is 18. The van der Waals surface area contributed by atoms with E-state index in [2.05, 4.69) is 109 Å². The first kappa shape index (κ1) is 83.7. The molecule has 13 rings (SSSR count). The zero-order valence-electron chi connectivity index (χ0n) is 60.3. The monoisotopic (exact) mass is 1680 g/mol. The van der Waals surface area contributed by atoms with E-state index >= 15 is 0 Å². The molecule has 4 atom stereocenters. The number of allylic oxidation sites excluding steroid dienone is 1. The van der Waals surface area contributed by atoms with Gasteiger partial charge in [-0.25, -0.2) is 41.0 Å².